The number of carboxylic acid groups (broad SMARTS) is 1. The number of carboxylic acids is 1. The molecule has 1 atom stereocenters. The van der Waals surface area contributed by atoms with E-state index in [0.717, 1.165) is 0 Å². The molecule has 8 nitrogen and oxygen atoms in total. The van der Waals surface area contributed by atoms with Crippen LogP contribution >= 0.6 is 0 Å². The molecule has 1 fully saturated rings. The summed E-state index contributed by atoms with van der Waals surface area (Å²) in [5, 5.41) is 15.2. The van der Waals surface area contributed by atoms with Crippen molar-refractivity contribution in [1.82, 2.24) is 15.1 Å². The van der Waals surface area contributed by atoms with Gasteiger partial charge in [-0.05, 0) is 12.8 Å². The van der Waals surface area contributed by atoms with E-state index in [0.29, 0.717) is 30.8 Å². The van der Waals surface area contributed by atoms with Crippen molar-refractivity contribution in [2.24, 2.45) is 0 Å². The number of aliphatic carboxylic acids is 1. The lowest BCUT2D eigenvalue weighted by Gasteiger charge is -2.30. The fourth-order valence-corrected chi connectivity index (χ4v) is 2.89. The smallest absolute Gasteiger partial charge is 0.303 e. The number of aryl methyl sites for hydroxylation is 1. The fourth-order valence-electron chi connectivity index (χ4n) is 2.89. The molecular formula is C13H15N3O5. The van der Waals surface area contributed by atoms with E-state index in [9.17, 15) is 14.4 Å². The average Bonchev–Trinajstić information content (AvgIpc) is 2.97. The first kappa shape index (κ1) is 13.6. The zero-order valence-electron chi connectivity index (χ0n) is 11.3. The number of nitrogens with zero attached hydrogens (tertiary/aromatic N) is 2. The first-order valence-electron chi connectivity index (χ1n) is 6.78. The molecule has 1 unspecified atom stereocenters. The molecule has 0 aromatic carbocycles. The lowest BCUT2D eigenvalue weighted by Crippen LogP contribution is -2.53. The standard InChI is InChI=1S/C13H15N3O5/c17-9-3-4-13(12(20)15-9)7-21-8-6-14-16(11(8)13)5-1-2-10(18)19/h6H,1-5,7H2,(H,18,19)(H,15,17,20). The van der Waals surface area contributed by atoms with E-state index in [1.54, 1.807) is 4.68 Å². The molecule has 3 rings (SSSR count). The van der Waals surface area contributed by atoms with Gasteiger partial charge in [0, 0.05) is 19.4 Å². The van der Waals surface area contributed by atoms with Crippen molar-refractivity contribution in [3.63, 3.8) is 0 Å². The van der Waals surface area contributed by atoms with E-state index in [4.69, 9.17) is 9.84 Å². The van der Waals surface area contributed by atoms with Crippen molar-refractivity contribution in [2.45, 2.75) is 37.6 Å². The van der Waals surface area contributed by atoms with Gasteiger partial charge < -0.3 is 9.84 Å². The summed E-state index contributed by atoms with van der Waals surface area (Å²) in [6, 6.07) is 0. The van der Waals surface area contributed by atoms with E-state index >= 15 is 0 Å². The average molecular weight is 293 g/mol. The molecule has 2 aliphatic rings. The Labute approximate surface area is 120 Å². The van der Waals surface area contributed by atoms with Crippen molar-refractivity contribution in [3.05, 3.63) is 11.9 Å². The number of carbonyl (C=O) groups excluding carboxylic acids is 2. The molecule has 0 saturated carbocycles. The summed E-state index contributed by atoms with van der Waals surface area (Å²) in [5.74, 6) is -0.978. The Kier molecular flexibility index (Phi) is 3.15. The molecule has 1 aromatic rings. The number of ether oxygens (including phenoxy) is 1. The van der Waals surface area contributed by atoms with Gasteiger partial charge in [-0.25, -0.2) is 0 Å². The largest absolute Gasteiger partial charge is 0.488 e. The van der Waals surface area contributed by atoms with Crippen LogP contribution in [-0.2, 0) is 26.3 Å². The molecule has 0 radical (unpaired) electrons. The number of nitrogens with one attached hydrogen (secondary N) is 1. The number of carbonyl (C=O) groups is 3. The third-order valence-electron chi connectivity index (χ3n) is 3.96. The van der Waals surface area contributed by atoms with Crippen molar-refractivity contribution in [2.75, 3.05) is 6.61 Å². The molecule has 0 bridgehead atoms. The van der Waals surface area contributed by atoms with Gasteiger partial charge in [0.25, 0.3) is 0 Å². The van der Waals surface area contributed by atoms with Gasteiger partial charge in [-0.2, -0.15) is 5.10 Å². The fraction of sp³-hybridized carbons (Fsp3) is 0.538. The summed E-state index contributed by atoms with van der Waals surface area (Å²) in [5.41, 5.74) is -0.235. The van der Waals surface area contributed by atoms with E-state index in [1.165, 1.54) is 6.20 Å². The van der Waals surface area contributed by atoms with Crippen LogP contribution in [0, 0.1) is 0 Å². The minimum atomic E-state index is -0.886. The molecule has 112 valence electrons. The van der Waals surface area contributed by atoms with Gasteiger partial charge in [-0.3, -0.25) is 24.4 Å². The first-order chi connectivity index (χ1) is 10.0. The van der Waals surface area contributed by atoms with Crippen LogP contribution in [0.25, 0.3) is 0 Å². The third kappa shape index (κ3) is 2.16. The Bertz CT molecular complexity index is 623. The Morgan fingerprint density at radius 3 is 3.05 bits per heavy atom. The predicted octanol–water partition coefficient (Wildman–Crippen LogP) is -0.185. The van der Waals surface area contributed by atoms with E-state index in [2.05, 4.69) is 10.4 Å². The number of imide groups is 1. The van der Waals surface area contributed by atoms with Crippen LogP contribution in [0.4, 0.5) is 0 Å². The van der Waals surface area contributed by atoms with Crippen LogP contribution in [-0.4, -0.2) is 39.3 Å². The normalized spacial score (nSPS) is 23.8. The first-order valence-corrected chi connectivity index (χ1v) is 6.78. The number of hydrogen-bond donors (Lipinski definition) is 2. The molecule has 1 spiro atoms. The second-order valence-electron chi connectivity index (χ2n) is 5.33. The van der Waals surface area contributed by atoms with Crippen LogP contribution in [0.2, 0.25) is 0 Å². The molecule has 1 aromatic heterocycles. The topological polar surface area (TPSA) is 111 Å². The highest BCUT2D eigenvalue weighted by Gasteiger charge is 2.52. The molecule has 8 heteroatoms. The summed E-state index contributed by atoms with van der Waals surface area (Å²) in [6.07, 6.45) is 2.63. The van der Waals surface area contributed by atoms with Crippen LogP contribution in [0.5, 0.6) is 5.75 Å². The highest BCUT2D eigenvalue weighted by Crippen LogP contribution is 2.43. The minimum Gasteiger partial charge on any atom is -0.488 e. The highest BCUT2D eigenvalue weighted by molar-refractivity contribution is 6.04. The molecule has 0 aliphatic carbocycles. The van der Waals surface area contributed by atoms with E-state index in [-0.39, 0.29) is 31.3 Å². The Morgan fingerprint density at radius 1 is 1.52 bits per heavy atom. The van der Waals surface area contributed by atoms with Gasteiger partial charge in [0.15, 0.2) is 5.75 Å². The Hall–Kier alpha value is -2.38. The van der Waals surface area contributed by atoms with Crippen molar-refractivity contribution in [3.8, 4) is 5.75 Å². The lowest BCUT2D eigenvalue weighted by molar-refractivity contribution is -0.139. The van der Waals surface area contributed by atoms with Gasteiger partial charge in [-0.15, -0.1) is 0 Å². The monoisotopic (exact) mass is 293 g/mol. The van der Waals surface area contributed by atoms with Gasteiger partial charge in [0.1, 0.15) is 12.0 Å². The van der Waals surface area contributed by atoms with Crippen molar-refractivity contribution >= 4 is 17.8 Å². The maximum atomic E-state index is 12.3. The quantitative estimate of drug-likeness (QED) is 0.745. The predicted molar refractivity (Wildman–Crippen MR) is 68.7 cm³/mol. The SMILES string of the molecule is O=C(O)CCCn1ncc2c1C1(CCC(=O)NC1=O)CO2. The van der Waals surface area contributed by atoms with Gasteiger partial charge in [0.05, 0.1) is 11.9 Å². The van der Waals surface area contributed by atoms with Gasteiger partial charge >= 0.3 is 5.97 Å². The molecule has 1 saturated heterocycles. The van der Waals surface area contributed by atoms with E-state index < -0.39 is 11.4 Å². The zero-order valence-corrected chi connectivity index (χ0v) is 11.3. The van der Waals surface area contributed by atoms with Crippen LogP contribution in [0.1, 0.15) is 31.4 Å². The molecule has 2 amide bonds. The zero-order chi connectivity index (χ0) is 15.0. The maximum absolute atomic E-state index is 12.3. The minimum absolute atomic E-state index is 0.0349. The lowest BCUT2D eigenvalue weighted by atomic mass is 9.78. The summed E-state index contributed by atoms with van der Waals surface area (Å²) >= 11 is 0. The number of piperidine rings is 1. The number of hydrogen-bond acceptors (Lipinski definition) is 5. The summed E-state index contributed by atoms with van der Waals surface area (Å²) in [7, 11) is 0. The molecule has 3 heterocycles. The maximum Gasteiger partial charge on any atom is 0.303 e. The summed E-state index contributed by atoms with van der Waals surface area (Å²) in [6.45, 7) is 0.589. The second kappa shape index (κ2) is 4.87. The van der Waals surface area contributed by atoms with E-state index in [1.807, 2.05) is 0 Å². The van der Waals surface area contributed by atoms with Gasteiger partial charge in [0.2, 0.25) is 11.8 Å². The van der Waals surface area contributed by atoms with Crippen LogP contribution in [0.15, 0.2) is 6.20 Å². The molecule has 2 N–H and O–H groups in total. The number of fused-ring (bicyclic) bond motifs is 2. The van der Waals surface area contributed by atoms with Crippen LogP contribution in [0.3, 0.4) is 0 Å². The van der Waals surface area contributed by atoms with Crippen molar-refractivity contribution in [1.29, 1.82) is 0 Å². The molecular weight excluding hydrogens is 278 g/mol. The molecule has 21 heavy (non-hydrogen) atoms. The van der Waals surface area contributed by atoms with Crippen LogP contribution < -0.4 is 10.1 Å². The second-order valence-corrected chi connectivity index (χ2v) is 5.33. The number of amides is 2. The summed E-state index contributed by atoms with van der Waals surface area (Å²) < 4.78 is 7.16. The van der Waals surface area contributed by atoms with Crippen molar-refractivity contribution < 1.29 is 24.2 Å². The molecule has 2 aliphatic heterocycles. The van der Waals surface area contributed by atoms with Gasteiger partial charge in [-0.1, -0.05) is 0 Å². The third-order valence-corrected chi connectivity index (χ3v) is 3.96. The number of rotatable bonds is 4. The Balaban J connectivity index is 1.87. The highest BCUT2D eigenvalue weighted by atomic mass is 16.5. The summed E-state index contributed by atoms with van der Waals surface area (Å²) in [4.78, 5) is 34.2. The number of aromatic nitrogens is 2. The Morgan fingerprint density at radius 2 is 2.33 bits per heavy atom.